The molecule has 1 fully saturated rings. The van der Waals surface area contributed by atoms with Crippen LogP contribution >= 0.6 is 11.6 Å². The van der Waals surface area contributed by atoms with Crippen LogP contribution < -0.4 is 5.56 Å². The van der Waals surface area contributed by atoms with Crippen LogP contribution in [-0.2, 0) is 14.8 Å². The van der Waals surface area contributed by atoms with Gasteiger partial charge in [0.2, 0.25) is 10.0 Å². The maximum Gasteiger partial charge on any atom is 0.266 e. The van der Waals surface area contributed by atoms with Crippen LogP contribution in [-0.4, -0.2) is 55.2 Å². The highest BCUT2D eigenvalue weighted by Gasteiger charge is 2.35. The molecule has 2 N–H and O–H groups in total. The second-order valence-corrected chi connectivity index (χ2v) is 7.56. The topological polar surface area (TPSA) is 99.7 Å². The van der Waals surface area contributed by atoms with Crippen molar-refractivity contribution in [3.63, 3.8) is 0 Å². The average molecular weight is 337 g/mol. The molecule has 1 saturated heterocycles. The Morgan fingerprint density at radius 2 is 2.10 bits per heavy atom. The first-order chi connectivity index (χ1) is 9.74. The highest BCUT2D eigenvalue weighted by molar-refractivity contribution is 7.89. The standard InChI is InChI=1S/C12H17ClN2O5S/c1-15(8-12(17)2-4-20-5-3-12)21(18,19)9-6-10(13)11(16)14-7-9/h6-7,17H,2-5,8H2,1H3,(H,14,16). The average Bonchev–Trinajstić information content (AvgIpc) is 2.42. The smallest absolute Gasteiger partial charge is 0.266 e. The molecule has 0 atom stereocenters. The molecule has 0 aliphatic carbocycles. The van der Waals surface area contributed by atoms with Gasteiger partial charge in [-0.05, 0) is 6.07 Å². The molecule has 2 heterocycles. The van der Waals surface area contributed by atoms with E-state index in [2.05, 4.69) is 4.98 Å². The molecule has 1 aliphatic heterocycles. The van der Waals surface area contributed by atoms with Crippen molar-refractivity contribution in [2.24, 2.45) is 0 Å². The third-order valence-corrected chi connectivity index (χ3v) is 5.54. The minimum atomic E-state index is -3.84. The number of likely N-dealkylation sites (N-methyl/N-ethyl adjacent to an activating group) is 1. The SMILES string of the molecule is CN(CC1(O)CCOCC1)S(=O)(=O)c1c[nH]c(=O)c(Cl)c1. The second kappa shape index (κ2) is 6.05. The lowest BCUT2D eigenvalue weighted by atomic mass is 9.95. The normalized spacial score (nSPS) is 18.9. The van der Waals surface area contributed by atoms with Crippen LogP contribution in [0.1, 0.15) is 12.8 Å². The van der Waals surface area contributed by atoms with Gasteiger partial charge in [-0.15, -0.1) is 0 Å². The molecule has 9 heteroatoms. The molecular formula is C12H17ClN2O5S. The van der Waals surface area contributed by atoms with Crippen molar-refractivity contribution >= 4 is 21.6 Å². The van der Waals surface area contributed by atoms with Crippen molar-refractivity contribution in [1.29, 1.82) is 0 Å². The van der Waals surface area contributed by atoms with E-state index in [1.54, 1.807) is 0 Å². The first kappa shape index (κ1) is 16.4. The van der Waals surface area contributed by atoms with Gasteiger partial charge >= 0.3 is 0 Å². The minimum Gasteiger partial charge on any atom is -0.388 e. The van der Waals surface area contributed by atoms with Gasteiger partial charge in [0, 0.05) is 45.8 Å². The number of nitrogens with zero attached hydrogens (tertiary/aromatic N) is 1. The zero-order valence-corrected chi connectivity index (χ0v) is 13.1. The van der Waals surface area contributed by atoms with Crippen LogP contribution in [0.3, 0.4) is 0 Å². The van der Waals surface area contributed by atoms with Crippen molar-refractivity contribution in [3.05, 3.63) is 27.6 Å². The Bertz CT molecular complexity index is 666. The van der Waals surface area contributed by atoms with E-state index in [1.807, 2.05) is 0 Å². The van der Waals surface area contributed by atoms with Crippen LogP contribution in [0.4, 0.5) is 0 Å². The molecule has 0 amide bonds. The number of aromatic amines is 1. The molecule has 2 rings (SSSR count). The second-order valence-electron chi connectivity index (χ2n) is 5.11. The summed E-state index contributed by atoms with van der Waals surface area (Å²) >= 11 is 5.65. The number of pyridine rings is 1. The molecule has 0 saturated carbocycles. The molecular weight excluding hydrogens is 320 g/mol. The zero-order valence-electron chi connectivity index (χ0n) is 11.5. The molecule has 0 aromatic carbocycles. The van der Waals surface area contributed by atoms with Crippen LogP contribution in [0.15, 0.2) is 22.0 Å². The van der Waals surface area contributed by atoms with E-state index in [1.165, 1.54) is 7.05 Å². The lowest BCUT2D eigenvalue weighted by Crippen LogP contribution is -2.47. The van der Waals surface area contributed by atoms with E-state index >= 15 is 0 Å². The number of aromatic nitrogens is 1. The number of rotatable bonds is 4. The predicted molar refractivity (Wildman–Crippen MR) is 76.9 cm³/mol. The quantitative estimate of drug-likeness (QED) is 0.817. The monoisotopic (exact) mass is 336 g/mol. The summed E-state index contributed by atoms with van der Waals surface area (Å²) in [5, 5.41) is 10.2. The zero-order chi connectivity index (χ0) is 15.7. The van der Waals surface area contributed by atoms with Gasteiger partial charge < -0.3 is 14.8 Å². The predicted octanol–water partition coefficient (Wildman–Crippen LogP) is 0.190. The highest BCUT2D eigenvalue weighted by atomic mass is 35.5. The molecule has 7 nitrogen and oxygen atoms in total. The van der Waals surface area contributed by atoms with Gasteiger partial charge in [-0.2, -0.15) is 4.31 Å². The maximum absolute atomic E-state index is 12.4. The summed E-state index contributed by atoms with van der Waals surface area (Å²) in [6.07, 6.45) is 1.84. The van der Waals surface area contributed by atoms with Gasteiger partial charge in [0.05, 0.1) is 10.5 Å². The fourth-order valence-corrected chi connectivity index (χ4v) is 3.66. The molecule has 1 aromatic rings. The lowest BCUT2D eigenvalue weighted by molar-refractivity contribution is -0.0689. The minimum absolute atomic E-state index is 0.0462. The number of ether oxygens (including phenoxy) is 1. The van der Waals surface area contributed by atoms with Crippen LogP contribution in [0.5, 0.6) is 0 Å². The van der Waals surface area contributed by atoms with Crippen molar-refractivity contribution in [3.8, 4) is 0 Å². The van der Waals surface area contributed by atoms with Crippen molar-refractivity contribution in [1.82, 2.24) is 9.29 Å². The maximum atomic E-state index is 12.4. The number of sulfonamides is 1. The summed E-state index contributed by atoms with van der Waals surface area (Å²) in [6.45, 7) is 0.749. The third-order valence-electron chi connectivity index (χ3n) is 3.48. The van der Waals surface area contributed by atoms with Crippen molar-refractivity contribution in [2.75, 3.05) is 26.8 Å². The molecule has 118 valence electrons. The van der Waals surface area contributed by atoms with Gasteiger partial charge in [-0.1, -0.05) is 11.6 Å². The van der Waals surface area contributed by atoms with E-state index in [9.17, 15) is 18.3 Å². The molecule has 1 aliphatic rings. The summed E-state index contributed by atoms with van der Waals surface area (Å²) in [4.78, 5) is 13.3. The third kappa shape index (κ3) is 3.64. The number of H-pyrrole nitrogens is 1. The number of hydrogen-bond donors (Lipinski definition) is 2. The van der Waals surface area contributed by atoms with Gasteiger partial charge in [-0.25, -0.2) is 8.42 Å². The molecule has 0 bridgehead atoms. The largest absolute Gasteiger partial charge is 0.388 e. The van der Waals surface area contributed by atoms with E-state index in [-0.39, 0.29) is 16.5 Å². The number of halogens is 1. The summed E-state index contributed by atoms with van der Waals surface area (Å²) in [5.41, 5.74) is -1.66. The van der Waals surface area contributed by atoms with Gasteiger partial charge in [-0.3, -0.25) is 4.79 Å². The Morgan fingerprint density at radius 1 is 1.48 bits per heavy atom. The Hall–Kier alpha value is -0.930. The van der Waals surface area contributed by atoms with E-state index in [0.29, 0.717) is 26.1 Å². The number of hydrogen-bond acceptors (Lipinski definition) is 5. The fourth-order valence-electron chi connectivity index (χ4n) is 2.18. The van der Waals surface area contributed by atoms with Gasteiger partial charge in [0.15, 0.2) is 0 Å². The Kier molecular flexibility index (Phi) is 4.74. The van der Waals surface area contributed by atoms with Crippen LogP contribution in [0.25, 0.3) is 0 Å². The molecule has 1 aromatic heterocycles. The van der Waals surface area contributed by atoms with Crippen LogP contribution in [0.2, 0.25) is 5.02 Å². The summed E-state index contributed by atoms with van der Waals surface area (Å²) in [7, 11) is -2.46. The van der Waals surface area contributed by atoms with E-state index in [4.69, 9.17) is 16.3 Å². The Balaban J connectivity index is 2.22. The van der Waals surface area contributed by atoms with Gasteiger partial charge in [0.25, 0.3) is 5.56 Å². The van der Waals surface area contributed by atoms with Crippen molar-refractivity contribution < 1.29 is 18.3 Å². The van der Waals surface area contributed by atoms with Crippen LogP contribution in [0, 0.1) is 0 Å². The van der Waals surface area contributed by atoms with Gasteiger partial charge in [0.1, 0.15) is 5.02 Å². The lowest BCUT2D eigenvalue weighted by Gasteiger charge is -2.34. The Labute approximate surface area is 127 Å². The number of nitrogens with one attached hydrogen (secondary N) is 1. The van der Waals surface area contributed by atoms with E-state index < -0.39 is 21.2 Å². The van der Waals surface area contributed by atoms with Crippen molar-refractivity contribution in [2.45, 2.75) is 23.3 Å². The van der Waals surface area contributed by atoms with E-state index in [0.717, 1.165) is 16.6 Å². The summed E-state index contributed by atoms with van der Waals surface area (Å²) < 4.78 is 31.0. The first-order valence-electron chi connectivity index (χ1n) is 6.39. The fraction of sp³-hybridized carbons (Fsp3) is 0.583. The molecule has 21 heavy (non-hydrogen) atoms. The molecule has 0 radical (unpaired) electrons. The summed E-state index contributed by atoms with van der Waals surface area (Å²) in [6, 6.07) is 1.10. The highest BCUT2D eigenvalue weighted by Crippen LogP contribution is 2.24. The number of aliphatic hydroxyl groups is 1. The Morgan fingerprint density at radius 3 is 2.67 bits per heavy atom. The summed E-state index contributed by atoms with van der Waals surface area (Å²) in [5.74, 6) is 0. The first-order valence-corrected chi connectivity index (χ1v) is 8.21. The molecule has 0 unspecified atom stereocenters. The molecule has 0 spiro atoms.